The number of hydrogen-bond donors (Lipinski definition) is 1. The molecule has 0 aromatic heterocycles. The van der Waals surface area contributed by atoms with Crippen LogP contribution in [-0.2, 0) is 4.79 Å². The van der Waals surface area contributed by atoms with E-state index in [9.17, 15) is 14.0 Å². The fourth-order valence-electron chi connectivity index (χ4n) is 4.14. The summed E-state index contributed by atoms with van der Waals surface area (Å²) in [4.78, 5) is 29.2. The molecule has 5 nitrogen and oxygen atoms in total. The van der Waals surface area contributed by atoms with Crippen LogP contribution in [0.1, 0.15) is 25.7 Å². The molecule has 152 valence electrons. The van der Waals surface area contributed by atoms with Gasteiger partial charge >= 0.3 is 6.03 Å². The van der Waals surface area contributed by atoms with Gasteiger partial charge in [0, 0.05) is 31.9 Å². The summed E-state index contributed by atoms with van der Waals surface area (Å²) in [6.07, 6.45) is 3.75. The Morgan fingerprint density at radius 2 is 1.62 bits per heavy atom. The predicted molar refractivity (Wildman–Crippen MR) is 111 cm³/mol. The van der Waals surface area contributed by atoms with E-state index in [1.807, 2.05) is 34.1 Å². The van der Waals surface area contributed by atoms with Gasteiger partial charge in [-0.2, -0.15) is 0 Å². The van der Waals surface area contributed by atoms with Gasteiger partial charge in [0.2, 0.25) is 5.91 Å². The minimum absolute atomic E-state index is 0.0554. The van der Waals surface area contributed by atoms with Crippen LogP contribution in [0.5, 0.6) is 0 Å². The maximum Gasteiger partial charge on any atom is 0.320 e. The van der Waals surface area contributed by atoms with E-state index in [-0.39, 0.29) is 23.7 Å². The molecule has 29 heavy (non-hydrogen) atoms. The lowest BCUT2D eigenvalue weighted by molar-refractivity contribution is -0.121. The molecule has 1 N–H and O–H groups in total. The van der Waals surface area contributed by atoms with E-state index in [0.717, 1.165) is 56.4 Å². The molecule has 6 heteroatoms. The lowest BCUT2D eigenvalue weighted by atomic mass is 9.97. The zero-order valence-corrected chi connectivity index (χ0v) is 16.4. The second-order valence-corrected chi connectivity index (χ2v) is 7.84. The van der Waals surface area contributed by atoms with Gasteiger partial charge in [0.25, 0.3) is 0 Å². The number of hydrogen-bond acceptors (Lipinski definition) is 2. The number of halogens is 1. The van der Waals surface area contributed by atoms with Crippen LogP contribution in [0.2, 0.25) is 0 Å². The summed E-state index contributed by atoms with van der Waals surface area (Å²) < 4.78 is 13.2. The molecule has 2 fully saturated rings. The van der Waals surface area contributed by atoms with E-state index in [1.165, 1.54) is 12.1 Å². The number of urea groups is 1. The number of anilines is 1. The van der Waals surface area contributed by atoms with Crippen molar-refractivity contribution in [1.82, 2.24) is 9.80 Å². The van der Waals surface area contributed by atoms with Crippen LogP contribution in [0.4, 0.5) is 14.9 Å². The van der Waals surface area contributed by atoms with Crippen molar-refractivity contribution in [2.45, 2.75) is 25.7 Å². The summed E-state index contributed by atoms with van der Waals surface area (Å²) in [5, 5.41) is 3.00. The first kappa shape index (κ1) is 19.4. The molecule has 0 radical (unpaired) electrons. The molecule has 1 unspecified atom stereocenters. The highest BCUT2D eigenvalue weighted by Gasteiger charge is 2.31. The first-order valence-electron chi connectivity index (χ1n) is 10.3. The van der Waals surface area contributed by atoms with Gasteiger partial charge in [-0.3, -0.25) is 4.79 Å². The minimum Gasteiger partial charge on any atom is -0.326 e. The Morgan fingerprint density at radius 1 is 0.897 bits per heavy atom. The zero-order chi connectivity index (χ0) is 20.2. The number of carbonyl (C=O) groups is 2. The molecule has 3 amide bonds. The Hall–Kier alpha value is -2.89. The molecule has 2 aliphatic rings. The van der Waals surface area contributed by atoms with Crippen molar-refractivity contribution in [3.05, 3.63) is 54.3 Å². The molecule has 1 atom stereocenters. The van der Waals surface area contributed by atoms with E-state index < -0.39 is 0 Å². The normalized spacial score (nSPS) is 19.3. The third kappa shape index (κ3) is 4.58. The van der Waals surface area contributed by atoms with Gasteiger partial charge in [0.1, 0.15) is 5.82 Å². The number of amides is 3. The van der Waals surface area contributed by atoms with E-state index in [0.29, 0.717) is 12.2 Å². The highest BCUT2D eigenvalue weighted by molar-refractivity contribution is 5.93. The topological polar surface area (TPSA) is 52.7 Å². The molecule has 0 aliphatic carbocycles. The van der Waals surface area contributed by atoms with E-state index in [1.54, 1.807) is 12.1 Å². The molecule has 2 aromatic carbocycles. The van der Waals surface area contributed by atoms with E-state index in [4.69, 9.17) is 0 Å². The quantitative estimate of drug-likeness (QED) is 0.840. The van der Waals surface area contributed by atoms with Gasteiger partial charge in [0.15, 0.2) is 0 Å². The molecular formula is C23H26FN3O2. The van der Waals surface area contributed by atoms with Crippen LogP contribution >= 0.6 is 0 Å². The summed E-state index contributed by atoms with van der Waals surface area (Å²) in [5.74, 6) is -0.534. The number of nitrogens with zero attached hydrogens (tertiary/aromatic N) is 2. The van der Waals surface area contributed by atoms with Crippen LogP contribution in [-0.4, -0.2) is 47.9 Å². The van der Waals surface area contributed by atoms with Crippen LogP contribution in [0.15, 0.2) is 48.5 Å². The van der Waals surface area contributed by atoms with E-state index >= 15 is 0 Å². The van der Waals surface area contributed by atoms with Crippen molar-refractivity contribution in [2.75, 3.05) is 31.5 Å². The first-order valence-corrected chi connectivity index (χ1v) is 10.3. The van der Waals surface area contributed by atoms with Gasteiger partial charge in [-0.15, -0.1) is 0 Å². The number of carbonyl (C=O) groups excluding carboxylic acids is 2. The van der Waals surface area contributed by atoms with Gasteiger partial charge in [-0.05, 0) is 61.1 Å². The van der Waals surface area contributed by atoms with Crippen molar-refractivity contribution in [3.8, 4) is 11.1 Å². The lowest BCUT2D eigenvalue weighted by Gasteiger charge is -2.34. The second-order valence-electron chi connectivity index (χ2n) is 7.84. The van der Waals surface area contributed by atoms with Crippen LogP contribution in [0, 0.1) is 11.7 Å². The Labute approximate surface area is 170 Å². The second kappa shape index (κ2) is 8.64. The van der Waals surface area contributed by atoms with Crippen LogP contribution in [0.3, 0.4) is 0 Å². The number of rotatable bonds is 3. The average Bonchev–Trinajstić information content (AvgIpc) is 3.29. The molecule has 2 aliphatic heterocycles. The molecule has 2 saturated heterocycles. The highest BCUT2D eigenvalue weighted by Crippen LogP contribution is 2.25. The van der Waals surface area contributed by atoms with Gasteiger partial charge < -0.3 is 15.1 Å². The van der Waals surface area contributed by atoms with Crippen molar-refractivity contribution in [3.63, 3.8) is 0 Å². The molecule has 2 heterocycles. The van der Waals surface area contributed by atoms with Gasteiger partial charge in [-0.25, -0.2) is 9.18 Å². The first-order chi connectivity index (χ1) is 14.1. The smallest absolute Gasteiger partial charge is 0.320 e. The van der Waals surface area contributed by atoms with E-state index in [2.05, 4.69) is 5.32 Å². The maximum absolute atomic E-state index is 13.2. The molecule has 0 spiro atoms. The maximum atomic E-state index is 13.2. The lowest BCUT2D eigenvalue weighted by Crippen LogP contribution is -2.48. The SMILES string of the molecule is O=C(Nc1cccc(-c2ccc(F)cc2)c1)C1CCCN(C(=O)N2CCCC2)C1. The Balaban J connectivity index is 1.40. The van der Waals surface area contributed by atoms with Crippen molar-refractivity contribution in [1.29, 1.82) is 0 Å². The number of benzene rings is 2. The highest BCUT2D eigenvalue weighted by atomic mass is 19.1. The summed E-state index contributed by atoms with van der Waals surface area (Å²) in [6.45, 7) is 2.84. The minimum atomic E-state index is -0.275. The number of likely N-dealkylation sites (tertiary alicyclic amines) is 2. The summed E-state index contributed by atoms with van der Waals surface area (Å²) in [5.41, 5.74) is 2.51. The zero-order valence-electron chi connectivity index (χ0n) is 16.4. The van der Waals surface area contributed by atoms with Gasteiger partial charge in [0.05, 0.1) is 5.92 Å². The Morgan fingerprint density at radius 3 is 2.38 bits per heavy atom. The Bertz CT molecular complexity index is 878. The predicted octanol–water partition coefficient (Wildman–Crippen LogP) is 4.36. The van der Waals surface area contributed by atoms with Crippen molar-refractivity contribution >= 4 is 17.6 Å². The summed E-state index contributed by atoms with van der Waals surface area (Å²) in [6, 6.07) is 13.9. The third-order valence-corrected chi connectivity index (χ3v) is 5.75. The molecule has 4 rings (SSSR count). The summed E-state index contributed by atoms with van der Waals surface area (Å²) in [7, 11) is 0. The molecule has 0 saturated carbocycles. The fraction of sp³-hybridized carbons (Fsp3) is 0.391. The third-order valence-electron chi connectivity index (χ3n) is 5.75. The van der Waals surface area contributed by atoms with Gasteiger partial charge in [-0.1, -0.05) is 24.3 Å². The standard InChI is InChI=1S/C23H26FN3O2/c24-20-10-8-17(9-11-20)18-5-3-7-21(15-18)25-22(28)19-6-4-14-27(16-19)23(29)26-12-1-2-13-26/h3,5,7-11,15,19H,1-2,4,6,12-14,16H2,(H,25,28). The van der Waals surface area contributed by atoms with Crippen LogP contribution in [0.25, 0.3) is 11.1 Å². The largest absolute Gasteiger partial charge is 0.326 e. The number of nitrogens with one attached hydrogen (secondary N) is 1. The van der Waals surface area contributed by atoms with Crippen LogP contribution < -0.4 is 5.32 Å². The summed E-state index contributed by atoms with van der Waals surface area (Å²) >= 11 is 0. The molecule has 0 bridgehead atoms. The van der Waals surface area contributed by atoms with Crippen molar-refractivity contribution < 1.29 is 14.0 Å². The fourth-order valence-corrected chi connectivity index (χ4v) is 4.14. The monoisotopic (exact) mass is 395 g/mol. The Kier molecular flexibility index (Phi) is 5.79. The molecule has 2 aromatic rings. The molecular weight excluding hydrogens is 369 g/mol. The average molecular weight is 395 g/mol. The van der Waals surface area contributed by atoms with Crippen molar-refractivity contribution in [2.24, 2.45) is 5.92 Å². The number of piperidine rings is 1.